The molecule has 0 saturated heterocycles. The van der Waals surface area contributed by atoms with Gasteiger partial charge in [-0.2, -0.15) is 0 Å². The SMILES string of the molecule is CC(C)CNC(=O)C1CCC(C(=O)Nc2cc(Cl)cc(Cl)c2)CC1. The predicted octanol–water partition coefficient (Wildman–Crippen LogP) is 4.51. The minimum atomic E-state index is -0.0723. The largest absolute Gasteiger partial charge is 0.356 e. The molecule has 4 nitrogen and oxygen atoms in total. The third kappa shape index (κ3) is 5.67. The van der Waals surface area contributed by atoms with Crippen LogP contribution in [0.15, 0.2) is 18.2 Å². The van der Waals surface area contributed by atoms with Crippen molar-refractivity contribution in [3.8, 4) is 0 Å². The predicted molar refractivity (Wildman–Crippen MR) is 98.4 cm³/mol. The maximum atomic E-state index is 12.4. The van der Waals surface area contributed by atoms with Gasteiger partial charge in [0.2, 0.25) is 11.8 Å². The highest BCUT2D eigenvalue weighted by Gasteiger charge is 2.29. The van der Waals surface area contributed by atoms with Gasteiger partial charge in [0, 0.05) is 34.1 Å². The molecule has 1 aromatic rings. The highest BCUT2D eigenvalue weighted by molar-refractivity contribution is 6.35. The quantitative estimate of drug-likeness (QED) is 0.800. The first-order chi connectivity index (χ1) is 11.3. The second-order valence-corrected chi connectivity index (χ2v) is 7.71. The van der Waals surface area contributed by atoms with Gasteiger partial charge in [-0.3, -0.25) is 9.59 Å². The van der Waals surface area contributed by atoms with Gasteiger partial charge in [-0.1, -0.05) is 37.0 Å². The maximum absolute atomic E-state index is 12.4. The number of hydrogen-bond acceptors (Lipinski definition) is 2. The number of hydrogen-bond donors (Lipinski definition) is 2. The number of carbonyl (C=O) groups is 2. The van der Waals surface area contributed by atoms with Gasteiger partial charge in [0.15, 0.2) is 0 Å². The monoisotopic (exact) mass is 370 g/mol. The van der Waals surface area contributed by atoms with Crippen molar-refractivity contribution in [2.45, 2.75) is 39.5 Å². The zero-order chi connectivity index (χ0) is 17.7. The van der Waals surface area contributed by atoms with Crippen LogP contribution in [0.4, 0.5) is 5.69 Å². The van der Waals surface area contributed by atoms with E-state index in [2.05, 4.69) is 24.5 Å². The van der Waals surface area contributed by atoms with E-state index in [9.17, 15) is 9.59 Å². The standard InChI is InChI=1S/C18H24Cl2N2O2/c1-11(2)10-21-17(23)12-3-5-13(6-4-12)18(24)22-16-8-14(19)7-15(20)9-16/h7-9,11-13H,3-6,10H2,1-2H3,(H,21,23)(H,22,24). The summed E-state index contributed by atoms with van der Waals surface area (Å²) in [7, 11) is 0. The highest BCUT2D eigenvalue weighted by atomic mass is 35.5. The van der Waals surface area contributed by atoms with Gasteiger partial charge in [0.25, 0.3) is 0 Å². The van der Waals surface area contributed by atoms with E-state index >= 15 is 0 Å². The molecule has 1 aliphatic carbocycles. The van der Waals surface area contributed by atoms with Crippen molar-refractivity contribution >= 4 is 40.7 Å². The molecule has 6 heteroatoms. The van der Waals surface area contributed by atoms with Crippen LogP contribution in [0.2, 0.25) is 10.0 Å². The van der Waals surface area contributed by atoms with Gasteiger partial charge in [-0.05, 0) is 49.8 Å². The summed E-state index contributed by atoms with van der Waals surface area (Å²) in [4.78, 5) is 24.5. The summed E-state index contributed by atoms with van der Waals surface area (Å²) in [6.07, 6.45) is 2.94. The zero-order valence-electron chi connectivity index (χ0n) is 14.1. The van der Waals surface area contributed by atoms with E-state index in [1.807, 2.05) is 0 Å². The smallest absolute Gasteiger partial charge is 0.227 e. The summed E-state index contributed by atoms with van der Waals surface area (Å²) < 4.78 is 0. The van der Waals surface area contributed by atoms with Crippen LogP contribution in [0.1, 0.15) is 39.5 Å². The van der Waals surface area contributed by atoms with Gasteiger partial charge in [-0.25, -0.2) is 0 Å². The minimum absolute atomic E-state index is 0.0217. The second kappa shape index (κ2) is 8.72. The fourth-order valence-electron chi connectivity index (χ4n) is 2.94. The van der Waals surface area contributed by atoms with E-state index in [1.54, 1.807) is 18.2 Å². The fraction of sp³-hybridized carbons (Fsp3) is 0.556. The number of carbonyl (C=O) groups excluding carboxylic acids is 2. The van der Waals surface area contributed by atoms with E-state index in [-0.39, 0.29) is 23.7 Å². The van der Waals surface area contributed by atoms with Crippen LogP contribution in [0.3, 0.4) is 0 Å². The number of rotatable bonds is 5. The normalized spacial score (nSPS) is 20.7. The Kier molecular flexibility index (Phi) is 6.93. The molecule has 24 heavy (non-hydrogen) atoms. The summed E-state index contributed by atoms with van der Waals surface area (Å²) in [6.45, 7) is 4.85. The van der Waals surface area contributed by atoms with Crippen molar-refractivity contribution in [3.63, 3.8) is 0 Å². The van der Waals surface area contributed by atoms with Crippen LogP contribution in [0.5, 0.6) is 0 Å². The molecule has 1 fully saturated rings. The van der Waals surface area contributed by atoms with Crippen LogP contribution in [-0.2, 0) is 9.59 Å². The topological polar surface area (TPSA) is 58.2 Å². The molecule has 2 rings (SSSR count). The van der Waals surface area contributed by atoms with Crippen molar-refractivity contribution in [2.24, 2.45) is 17.8 Å². The molecule has 2 N–H and O–H groups in total. The van der Waals surface area contributed by atoms with E-state index in [4.69, 9.17) is 23.2 Å². The van der Waals surface area contributed by atoms with E-state index < -0.39 is 0 Å². The molecule has 132 valence electrons. The number of nitrogens with one attached hydrogen (secondary N) is 2. The molecule has 2 amide bonds. The number of halogens is 2. The average molecular weight is 371 g/mol. The first-order valence-electron chi connectivity index (χ1n) is 8.40. The molecule has 0 atom stereocenters. The number of amides is 2. The molecule has 0 spiro atoms. The summed E-state index contributed by atoms with van der Waals surface area (Å²) in [5, 5.41) is 6.83. The Bertz CT molecular complexity index is 576. The average Bonchev–Trinajstić information content (AvgIpc) is 2.51. The molecule has 1 aliphatic rings. The van der Waals surface area contributed by atoms with Gasteiger partial charge in [0.05, 0.1) is 0 Å². The Balaban J connectivity index is 1.83. The van der Waals surface area contributed by atoms with Crippen molar-refractivity contribution in [3.05, 3.63) is 28.2 Å². The van der Waals surface area contributed by atoms with Crippen molar-refractivity contribution in [2.75, 3.05) is 11.9 Å². The van der Waals surface area contributed by atoms with E-state index in [1.165, 1.54) is 0 Å². The van der Waals surface area contributed by atoms with Gasteiger partial charge in [-0.15, -0.1) is 0 Å². The van der Waals surface area contributed by atoms with Gasteiger partial charge >= 0.3 is 0 Å². The Morgan fingerprint density at radius 1 is 1.00 bits per heavy atom. The van der Waals surface area contributed by atoms with Gasteiger partial charge < -0.3 is 10.6 Å². The molecular weight excluding hydrogens is 347 g/mol. The summed E-state index contributed by atoms with van der Waals surface area (Å²) in [6, 6.07) is 4.98. The molecule has 0 aliphatic heterocycles. The van der Waals surface area contributed by atoms with Gasteiger partial charge in [0.1, 0.15) is 0 Å². The molecule has 0 unspecified atom stereocenters. The fourth-order valence-corrected chi connectivity index (χ4v) is 3.46. The molecule has 1 saturated carbocycles. The Morgan fingerprint density at radius 3 is 2.00 bits per heavy atom. The Labute approximate surface area is 153 Å². The number of benzene rings is 1. The summed E-state index contributed by atoms with van der Waals surface area (Å²) in [5.74, 6) is 0.476. The minimum Gasteiger partial charge on any atom is -0.356 e. The number of anilines is 1. The van der Waals surface area contributed by atoms with Crippen LogP contribution < -0.4 is 10.6 Å². The first-order valence-corrected chi connectivity index (χ1v) is 9.15. The zero-order valence-corrected chi connectivity index (χ0v) is 15.6. The Hall–Kier alpha value is -1.26. The summed E-state index contributed by atoms with van der Waals surface area (Å²) in [5.41, 5.74) is 0.606. The molecular formula is C18H24Cl2N2O2. The lowest BCUT2D eigenvalue weighted by Crippen LogP contribution is -2.37. The van der Waals surface area contributed by atoms with Crippen molar-refractivity contribution in [1.82, 2.24) is 5.32 Å². The lowest BCUT2D eigenvalue weighted by molar-refractivity contribution is -0.128. The molecule has 0 aromatic heterocycles. The van der Waals surface area contributed by atoms with Crippen molar-refractivity contribution < 1.29 is 9.59 Å². The molecule has 0 bridgehead atoms. The van der Waals surface area contributed by atoms with E-state index in [0.29, 0.717) is 28.2 Å². The summed E-state index contributed by atoms with van der Waals surface area (Å²) >= 11 is 11.9. The highest BCUT2D eigenvalue weighted by Crippen LogP contribution is 2.30. The molecule has 0 heterocycles. The first kappa shape index (κ1) is 19.1. The lowest BCUT2D eigenvalue weighted by Gasteiger charge is -2.27. The van der Waals surface area contributed by atoms with Crippen molar-refractivity contribution in [1.29, 1.82) is 0 Å². The van der Waals surface area contributed by atoms with Crippen LogP contribution >= 0.6 is 23.2 Å². The lowest BCUT2D eigenvalue weighted by atomic mass is 9.81. The third-order valence-electron chi connectivity index (χ3n) is 4.28. The second-order valence-electron chi connectivity index (χ2n) is 6.83. The van der Waals surface area contributed by atoms with Crippen LogP contribution in [-0.4, -0.2) is 18.4 Å². The Morgan fingerprint density at radius 2 is 1.50 bits per heavy atom. The maximum Gasteiger partial charge on any atom is 0.227 e. The van der Waals surface area contributed by atoms with Crippen LogP contribution in [0.25, 0.3) is 0 Å². The third-order valence-corrected chi connectivity index (χ3v) is 4.72. The van der Waals surface area contributed by atoms with Crippen LogP contribution in [0, 0.1) is 17.8 Å². The van der Waals surface area contributed by atoms with E-state index in [0.717, 1.165) is 25.7 Å². The molecule has 0 radical (unpaired) electrons. The molecule has 1 aromatic carbocycles.